The number of hydrogen-bond acceptors (Lipinski definition) is 5. The highest BCUT2D eigenvalue weighted by molar-refractivity contribution is 7.19. The minimum atomic E-state index is 0.302. The molecule has 4 nitrogen and oxygen atoms in total. The monoisotopic (exact) mass is 345 g/mol. The van der Waals surface area contributed by atoms with Crippen LogP contribution in [0.15, 0.2) is 6.33 Å². The summed E-state index contributed by atoms with van der Waals surface area (Å²) in [5, 5.41) is 1.22. The normalized spacial score (nSPS) is 26.9. The number of rotatable bonds is 4. The molecule has 5 heteroatoms. The molecule has 0 amide bonds. The smallest absolute Gasteiger partial charge is 0.225 e. The Labute approximate surface area is 148 Å². The van der Waals surface area contributed by atoms with Gasteiger partial charge in [0.2, 0.25) is 5.88 Å². The molecule has 1 saturated carbocycles. The number of ether oxygens (including phenoxy) is 1. The summed E-state index contributed by atoms with van der Waals surface area (Å²) in [7, 11) is 4.36. The fourth-order valence-corrected chi connectivity index (χ4v) is 5.61. The van der Waals surface area contributed by atoms with Gasteiger partial charge in [0.15, 0.2) is 0 Å². The molecule has 0 unspecified atom stereocenters. The molecule has 2 aromatic heterocycles. The van der Waals surface area contributed by atoms with Crippen LogP contribution in [0.1, 0.15) is 61.8 Å². The Morgan fingerprint density at radius 3 is 2.67 bits per heavy atom. The van der Waals surface area contributed by atoms with Crippen LogP contribution < -0.4 is 4.74 Å². The number of aromatic nitrogens is 2. The summed E-state index contributed by atoms with van der Waals surface area (Å²) in [6, 6.07) is 0.699. The summed E-state index contributed by atoms with van der Waals surface area (Å²) in [6.45, 7) is 2.29. The van der Waals surface area contributed by atoms with Crippen LogP contribution in [0, 0.1) is 0 Å². The zero-order chi connectivity index (χ0) is 16.7. The Bertz CT molecular complexity index is 719. The van der Waals surface area contributed by atoms with Gasteiger partial charge in [-0.05, 0) is 70.5 Å². The van der Waals surface area contributed by atoms with Crippen molar-refractivity contribution in [1.82, 2.24) is 14.9 Å². The van der Waals surface area contributed by atoms with Crippen molar-refractivity contribution in [2.24, 2.45) is 0 Å². The Balaban J connectivity index is 1.59. The van der Waals surface area contributed by atoms with Gasteiger partial charge in [-0.2, -0.15) is 0 Å². The van der Waals surface area contributed by atoms with E-state index in [1.807, 2.05) is 11.3 Å². The van der Waals surface area contributed by atoms with Crippen molar-refractivity contribution < 1.29 is 4.74 Å². The number of fused-ring (bicyclic) bond motifs is 3. The first-order valence-corrected chi connectivity index (χ1v) is 10.1. The van der Waals surface area contributed by atoms with Crippen LogP contribution in [0.3, 0.4) is 0 Å². The first-order chi connectivity index (χ1) is 11.7. The molecular formula is C19H27N3OS. The first-order valence-electron chi connectivity index (χ1n) is 9.26. The van der Waals surface area contributed by atoms with E-state index in [0.29, 0.717) is 18.1 Å². The third-order valence-electron chi connectivity index (χ3n) is 5.84. The maximum Gasteiger partial charge on any atom is 0.225 e. The fourth-order valence-electron chi connectivity index (χ4n) is 4.38. The molecule has 1 atom stereocenters. The van der Waals surface area contributed by atoms with Crippen molar-refractivity contribution in [1.29, 1.82) is 0 Å². The van der Waals surface area contributed by atoms with Crippen molar-refractivity contribution in [3.8, 4) is 5.88 Å². The predicted octanol–water partition coefficient (Wildman–Crippen LogP) is 4.38. The lowest BCUT2D eigenvalue weighted by Gasteiger charge is -2.32. The van der Waals surface area contributed by atoms with Crippen LogP contribution in [-0.4, -0.2) is 41.1 Å². The highest BCUT2D eigenvalue weighted by Crippen LogP contribution is 2.47. The van der Waals surface area contributed by atoms with E-state index in [9.17, 15) is 0 Å². The second-order valence-electron chi connectivity index (χ2n) is 7.45. The van der Waals surface area contributed by atoms with Crippen LogP contribution in [0.5, 0.6) is 5.88 Å². The number of nitrogens with zero attached hydrogens (tertiary/aromatic N) is 3. The van der Waals surface area contributed by atoms with Gasteiger partial charge in [0.1, 0.15) is 17.3 Å². The molecule has 0 saturated heterocycles. The highest BCUT2D eigenvalue weighted by atomic mass is 32.1. The van der Waals surface area contributed by atoms with E-state index in [2.05, 4.69) is 35.9 Å². The zero-order valence-corrected chi connectivity index (χ0v) is 15.7. The minimum absolute atomic E-state index is 0.302. The van der Waals surface area contributed by atoms with E-state index < -0.39 is 0 Å². The van der Waals surface area contributed by atoms with Crippen LogP contribution >= 0.6 is 11.3 Å². The second-order valence-corrected chi connectivity index (χ2v) is 8.54. The molecule has 0 spiro atoms. The topological polar surface area (TPSA) is 38.3 Å². The summed E-state index contributed by atoms with van der Waals surface area (Å²) >= 11 is 1.85. The molecule has 4 rings (SSSR count). The predicted molar refractivity (Wildman–Crippen MR) is 99.1 cm³/mol. The molecule has 0 aliphatic heterocycles. The van der Waals surface area contributed by atoms with Gasteiger partial charge in [-0.3, -0.25) is 0 Å². The van der Waals surface area contributed by atoms with E-state index >= 15 is 0 Å². The molecule has 2 aliphatic carbocycles. The molecule has 2 aromatic rings. The first kappa shape index (κ1) is 16.3. The lowest BCUT2D eigenvalue weighted by molar-refractivity contribution is 0.108. The third-order valence-corrected chi connectivity index (χ3v) is 7.01. The zero-order valence-electron chi connectivity index (χ0n) is 14.9. The van der Waals surface area contributed by atoms with Crippen molar-refractivity contribution in [3.05, 3.63) is 16.8 Å². The Kier molecular flexibility index (Phi) is 4.48. The van der Waals surface area contributed by atoms with Crippen molar-refractivity contribution in [3.63, 3.8) is 0 Å². The van der Waals surface area contributed by atoms with E-state index in [0.717, 1.165) is 23.6 Å². The molecule has 2 aliphatic rings. The van der Waals surface area contributed by atoms with Crippen molar-refractivity contribution in [2.45, 2.75) is 69.9 Å². The van der Waals surface area contributed by atoms with Gasteiger partial charge in [0, 0.05) is 10.9 Å². The summed E-state index contributed by atoms with van der Waals surface area (Å²) in [5.41, 5.74) is 1.50. The molecule has 2 heterocycles. The lowest BCUT2D eigenvalue weighted by Crippen LogP contribution is -2.35. The standard InChI is InChI=1S/C19H27N3OS/c1-4-12-5-10-15-16(12)17-18(20-11-21-19(17)24-15)23-14-8-6-13(7-9-14)22(2)3/h11-14H,4-10H2,1-3H3/t12-,13-,14-/m1/s1. The van der Waals surface area contributed by atoms with Gasteiger partial charge < -0.3 is 9.64 Å². The Hall–Kier alpha value is -1.20. The van der Waals surface area contributed by atoms with Gasteiger partial charge >= 0.3 is 0 Å². The average molecular weight is 346 g/mol. The van der Waals surface area contributed by atoms with E-state index in [1.165, 1.54) is 47.9 Å². The largest absolute Gasteiger partial charge is 0.474 e. The van der Waals surface area contributed by atoms with E-state index in [-0.39, 0.29) is 0 Å². The molecule has 0 radical (unpaired) electrons. The van der Waals surface area contributed by atoms with Gasteiger partial charge in [0.05, 0.1) is 5.39 Å². The summed E-state index contributed by atoms with van der Waals surface area (Å²) < 4.78 is 6.41. The highest BCUT2D eigenvalue weighted by Gasteiger charge is 2.30. The number of aryl methyl sites for hydroxylation is 1. The van der Waals surface area contributed by atoms with E-state index in [1.54, 1.807) is 6.33 Å². The van der Waals surface area contributed by atoms with E-state index in [4.69, 9.17) is 4.74 Å². The maximum absolute atomic E-state index is 6.41. The second kappa shape index (κ2) is 6.60. The van der Waals surface area contributed by atoms with Crippen LogP contribution in [-0.2, 0) is 6.42 Å². The average Bonchev–Trinajstić information content (AvgIpc) is 3.14. The third kappa shape index (κ3) is 2.82. The molecule has 130 valence electrons. The Morgan fingerprint density at radius 2 is 1.96 bits per heavy atom. The SMILES string of the molecule is CC[C@@H]1CCc2sc3ncnc(O[C@H]4CC[C@H](N(C)C)CC4)c3c21. The maximum atomic E-state index is 6.41. The molecular weight excluding hydrogens is 318 g/mol. The summed E-state index contributed by atoms with van der Waals surface area (Å²) in [6.07, 6.45) is 10.3. The molecule has 0 aromatic carbocycles. The van der Waals surface area contributed by atoms with Gasteiger partial charge in [0.25, 0.3) is 0 Å². The van der Waals surface area contributed by atoms with Crippen LogP contribution in [0.25, 0.3) is 10.2 Å². The van der Waals surface area contributed by atoms with Gasteiger partial charge in [-0.1, -0.05) is 6.92 Å². The molecule has 0 bridgehead atoms. The number of hydrogen-bond donors (Lipinski definition) is 0. The summed E-state index contributed by atoms with van der Waals surface area (Å²) in [5.74, 6) is 1.50. The summed E-state index contributed by atoms with van der Waals surface area (Å²) in [4.78, 5) is 14.0. The molecule has 1 fully saturated rings. The molecule has 24 heavy (non-hydrogen) atoms. The van der Waals surface area contributed by atoms with Crippen LogP contribution in [0.2, 0.25) is 0 Å². The lowest BCUT2D eigenvalue weighted by atomic mass is 9.92. The van der Waals surface area contributed by atoms with Gasteiger partial charge in [-0.15, -0.1) is 11.3 Å². The van der Waals surface area contributed by atoms with Crippen LogP contribution in [0.4, 0.5) is 0 Å². The van der Waals surface area contributed by atoms with Crippen molar-refractivity contribution >= 4 is 21.6 Å². The van der Waals surface area contributed by atoms with Crippen molar-refractivity contribution in [2.75, 3.05) is 14.1 Å². The number of thiophene rings is 1. The molecule has 0 N–H and O–H groups in total. The van der Waals surface area contributed by atoms with Gasteiger partial charge in [-0.25, -0.2) is 9.97 Å². The Morgan fingerprint density at radius 1 is 1.17 bits per heavy atom. The quantitative estimate of drug-likeness (QED) is 0.824. The fraction of sp³-hybridized carbons (Fsp3) is 0.684. The minimum Gasteiger partial charge on any atom is -0.474 e.